The summed E-state index contributed by atoms with van der Waals surface area (Å²) in [5, 5.41) is 1.18. The number of nitrogens with zero attached hydrogens (tertiary/aromatic N) is 1. The Bertz CT molecular complexity index is 757. The van der Waals surface area contributed by atoms with E-state index >= 15 is 0 Å². The molecule has 1 aromatic heterocycles. The van der Waals surface area contributed by atoms with Crippen LogP contribution in [-0.2, 0) is 11.2 Å². The van der Waals surface area contributed by atoms with Gasteiger partial charge >= 0.3 is 0 Å². The number of para-hydroxylation sites is 2. The largest absolute Gasteiger partial charge is 0.357 e. The quantitative estimate of drug-likeness (QED) is 0.706. The number of aromatic nitrogens is 1. The topological polar surface area (TPSA) is 36.1 Å². The maximum Gasteiger partial charge on any atom is 0.214 e. The van der Waals surface area contributed by atoms with Crippen molar-refractivity contribution in [2.24, 2.45) is 0 Å². The second-order valence-corrected chi connectivity index (χ2v) is 5.17. The van der Waals surface area contributed by atoms with E-state index < -0.39 is 0 Å². The Balaban J connectivity index is 1.81. The minimum Gasteiger partial charge on any atom is -0.357 e. The molecule has 0 bridgehead atoms. The van der Waals surface area contributed by atoms with Crippen LogP contribution in [0.15, 0.2) is 54.6 Å². The highest BCUT2D eigenvalue weighted by Crippen LogP contribution is 2.39. The zero-order valence-corrected chi connectivity index (χ0v) is 10.9. The van der Waals surface area contributed by atoms with Crippen LogP contribution in [0.5, 0.6) is 0 Å². The van der Waals surface area contributed by atoms with Crippen LogP contribution in [0, 0.1) is 0 Å². The molecule has 3 nitrogen and oxygen atoms in total. The summed E-state index contributed by atoms with van der Waals surface area (Å²) in [7, 11) is 0. The van der Waals surface area contributed by atoms with Crippen molar-refractivity contribution in [2.45, 2.75) is 12.5 Å². The van der Waals surface area contributed by atoms with E-state index in [4.69, 9.17) is 0 Å². The van der Waals surface area contributed by atoms with Crippen molar-refractivity contribution in [3.63, 3.8) is 0 Å². The van der Waals surface area contributed by atoms with E-state index in [1.807, 2.05) is 35.2 Å². The highest BCUT2D eigenvalue weighted by Gasteiger charge is 2.30. The van der Waals surface area contributed by atoms with Crippen LogP contribution in [-0.4, -0.2) is 11.4 Å². The third-order valence-corrected chi connectivity index (χ3v) is 4.04. The minimum atomic E-state index is 0.0669. The van der Waals surface area contributed by atoms with E-state index in [0.717, 1.165) is 29.7 Å². The molecule has 1 aliphatic rings. The summed E-state index contributed by atoms with van der Waals surface area (Å²) in [6, 6.07) is 18.5. The Labute approximate surface area is 116 Å². The van der Waals surface area contributed by atoms with Crippen molar-refractivity contribution in [3.8, 4) is 0 Å². The van der Waals surface area contributed by atoms with Crippen LogP contribution in [0.25, 0.3) is 10.9 Å². The number of benzene rings is 2. The first-order valence-electron chi connectivity index (χ1n) is 6.76. The predicted octanol–water partition coefficient (Wildman–Crippen LogP) is 3.43. The van der Waals surface area contributed by atoms with Gasteiger partial charge in [0, 0.05) is 23.3 Å². The molecule has 1 N–H and O–H groups in total. The Morgan fingerprint density at radius 3 is 2.75 bits per heavy atom. The molecule has 0 spiro atoms. The van der Waals surface area contributed by atoms with Crippen LogP contribution in [0.4, 0.5) is 5.69 Å². The highest BCUT2D eigenvalue weighted by molar-refractivity contribution is 5.84. The summed E-state index contributed by atoms with van der Waals surface area (Å²) < 4.78 is 0. The van der Waals surface area contributed by atoms with Gasteiger partial charge in [-0.1, -0.05) is 36.4 Å². The van der Waals surface area contributed by atoms with Gasteiger partial charge in [0.15, 0.2) is 0 Å². The summed E-state index contributed by atoms with van der Waals surface area (Å²) in [5.41, 5.74) is 4.45. The van der Waals surface area contributed by atoms with Crippen LogP contribution >= 0.6 is 0 Å². The number of anilines is 1. The molecule has 1 amide bonds. The molecule has 0 saturated carbocycles. The van der Waals surface area contributed by atoms with Gasteiger partial charge in [-0.3, -0.25) is 4.79 Å². The lowest BCUT2D eigenvalue weighted by molar-refractivity contribution is -0.107. The number of carbonyl (C=O) groups excluding carboxylic acids is 1. The number of hydrogen-bond acceptors (Lipinski definition) is 1. The van der Waals surface area contributed by atoms with E-state index in [-0.39, 0.29) is 6.04 Å². The maximum absolute atomic E-state index is 11.5. The average molecular weight is 262 g/mol. The van der Waals surface area contributed by atoms with Gasteiger partial charge in [-0.05, 0) is 29.1 Å². The van der Waals surface area contributed by atoms with Crippen LogP contribution < -0.4 is 4.90 Å². The molecule has 98 valence electrons. The van der Waals surface area contributed by atoms with Crippen molar-refractivity contribution < 1.29 is 4.79 Å². The highest BCUT2D eigenvalue weighted by atomic mass is 16.1. The molecule has 0 fully saturated rings. The molecule has 0 saturated heterocycles. The molecule has 3 aromatic rings. The first-order chi connectivity index (χ1) is 9.86. The lowest BCUT2D eigenvalue weighted by atomic mass is 10.1. The number of rotatable bonds is 2. The molecule has 20 heavy (non-hydrogen) atoms. The van der Waals surface area contributed by atoms with Gasteiger partial charge in [0.1, 0.15) is 0 Å². The van der Waals surface area contributed by atoms with Gasteiger partial charge in [-0.25, -0.2) is 0 Å². The average Bonchev–Trinajstić information content (AvgIpc) is 3.07. The molecule has 3 heteroatoms. The summed E-state index contributed by atoms with van der Waals surface area (Å²) in [6.07, 6.45) is 1.80. The molecular weight excluding hydrogens is 248 g/mol. The number of amides is 1. The van der Waals surface area contributed by atoms with Gasteiger partial charge in [-0.2, -0.15) is 0 Å². The van der Waals surface area contributed by atoms with Crippen LogP contribution in [0.1, 0.15) is 17.3 Å². The number of nitrogens with one attached hydrogen (secondary N) is 1. The molecule has 1 aliphatic heterocycles. The number of carbonyl (C=O) groups is 1. The predicted molar refractivity (Wildman–Crippen MR) is 79.7 cm³/mol. The Morgan fingerprint density at radius 1 is 1.10 bits per heavy atom. The number of aromatic amines is 1. The lowest BCUT2D eigenvalue weighted by Gasteiger charge is -2.19. The molecule has 0 aliphatic carbocycles. The summed E-state index contributed by atoms with van der Waals surface area (Å²) in [6.45, 7) is 0. The molecule has 1 unspecified atom stereocenters. The Hall–Kier alpha value is -2.55. The second kappa shape index (κ2) is 4.23. The lowest BCUT2D eigenvalue weighted by Crippen LogP contribution is -2.23. The first kappa shape index (κ1) is 11.3. The van der Waals surface area contributed by atoms with E-state index in [1.165, 1.54) is 10.9 Å². The third kappa shape index (κ3) is 1.56. The molecule has 0 radical (unpaired) electrons. The molecular formula is C17H14N2O. The van der Waals surface area contributed by atoms with Crippen LogP contribution in [0.2, 0.25) is 0 Å². The van der Waals surface area contributed by atoms with Crippen molar-refractivity contribution in [1.29, 1.82) is 0 Å². The zero-order chi connectivity index (χ0) is 13.5. The fourth-order valence-corrected chi connectivity index (χ4v) is 3.08. The fraction of sp³-hybridized carbons (Fsp3) is 0.118. The third-order valence-electron chi connectivity index (χ3n) is 4.04. The Morgan fingerprint density at radius 2 is 1.90 bits per heavy atom. The smallest absolute Gasteiger partial charge is 0.214 e. The normalized spacial score (nSPS) is 17.4. The SMILES string of the molecule is O=CN1c2ccccc2CC1c1cc2ccccc2[nH]1. The van der Waals surface area contributed by atoms with Crippen LogP contribution in [0.3, 0.4) is 0 Å². The van der Waals surface area contributed by atoms with Gasteiger partial charge in [-0.15, -0.1) is 0 Å². The summed E-state index contributed by atoms with van der Waals surface area (Å²) in [4.78, 5) is 16.7. The van der Waals surface area contributed by atoms with Gasteiger partial charge < -0.3 is 9.88 Å². The van der Waals surface area contributed by atoms with Gasteiger partial charge in [0.05, 0.1) is 6.04 Å². The molecule has 2 heterocycles. The minimum absolute atomic E-state index is 0.0669. The fourth-order valence-electron chi connectivity index (χ4n) is 3.08. The van der Waals surface area contributed by atoms with Crippen molar-refractivity contribution in [2.75, 3.05) is 4.90 Å². The van der Waals surface area contributed by atoms with E-state index in [1.54, 1.807) is 0 Å². The standard InChI is InChI=1S/C17H14N2O/c20-11-19-16-8-4-2-6-13(16)10-17(19)15-9-12-5-1-3-7-14(12)18-15/h1-9,11,17-18H,10H2. The number of hydrogen-bond donors (Lipinski definition) is 1. The van der Waals surface area contributed by atoms with E-state index in [0.29, 0.717) is 0 Å². The van der Waals surface area contributed by atoms with E-state index in [2.05, 4.69) is 29.2 Å². The second-order valence-electron chi connectivity index (χ2n) is 5.17. The first-order valence-corrected chi connectivity index (χ1v) is 6.76. The van der Waals surface area contributed by atoms with E-state index in [9.17, 15) is 4.79 Å². The molecule has 2 aromatic carbocycles. The zero-order valence-electron chi connectivity index (χ0n) is 10.9. The molecule has 4 rings (SSSR count). The monoisotopic (exact) mass is 262 g/mol. The Kier molecular flexibility index (Phi) is 2.39. The number of fused-ring (bicyclic) bond motifs is 2. The summed E-state index contributed by atoms with van der Waals surface area (Å²) >= 11 is 0. The number of H-pyrrole nitrogens is 1. The van der Waals surface area contributed by atoms with Gasteiger partial charge in [0.2, 0.25) is 6.41 Å². The van der Waals surface area contributed by atoms with Crippen molar-refractivity contribution in [1.82, 2.24) is 4.98 Å². The maximum atomic E-state index is 11.5. The van der Waals surface area contributed by atoms with Crippen molar-refractivity contribution >= 4 is 23.0 Å². The molecule has 1 atom stereocenters. The van der Waals surface area contributed by atoms with Crippen molar-refractivity contribution in [3.05, 3.63) is 65.9 Å². The van der Waals surface area contributed by atoms with Gasteiger partial charge in [0.25, 0.3) is 0 Å². The summed E-state index contributed by atoms with van der Waals surface area (Å²) in [5.74, 6) is 0.